The van der Waals surface area contributed by atoms with Gasteiger partial charge in [-0.25, -0.2) is 4.79 Å². The molecular weight excluding hydrogens is 348 g/mol. The van der Waals surface area contributed by atoms with E-state index in [1.165, 1.54) is 11.6 Å². The Morgan fingerprint density at radius 3 is 2.48 bits per heavy atom. The average Bonchev–Trinajstić information content (AvgIpc) is 2.69. The number of aliphatic hydroxyl groups is 1. The molecule has 0 aliphatic heterocycles. The Morgan fingerprint density at radius 1 is 1.11 bits per heavy atom. The van der Waals surface area contributed by atoms with Gasteiger partial charge in [0.25, 0.3) is 5.56 Å². The van der Waals surface area contributed by atoms with Crippen molar-refractivity contribution in [3.05, 3.63) is 56.7 Å². The molecule has 0 amide bonds. The van der Waals surface area contributed by atoms with Gasteiger partial charge in [0.2, 0.25) is 0 Å². The lowest BCUT2D eigenvalue weighted by molar-refractivity contribution is 0.107. The predicted octanol–water partition coefficient (Wildman–Crippen LogP) is 0.0878. The number of nitrogens with zero attached hydrogens (tertiary/aromatic N) is 2. The molecule has 8 heteroatoms. The highest BCUT2D eigenvalue weighted by Gasteiger charge is 2.13. The van der Waals surface area contributed by atoms with Crippen LogP contribution in [0.15, 0.2) is 39.9 Å². The summed E-state index contributed by atoms with van der Waals surface area (Å²) in [5, 5.41) is 16.2. The Kier molecular flexibility index (Phi) is 7.63. The lowest BCUT2D eigenvalue weighted by Crippen LogP contribution is -2.41. The second-order valence-corrected chi connectivity index (χ2v) is 6.30. The second kappa shape index (κ2) is 9.94. The van der Waals surface area contributed by atoms with Crippen molar-refractivity contribution in [2.45, 2.75) is 19.4 Å². The minimum absolute atomic E-state index is 0.202. The van der Waals surface area contributed by atoms with Crippen LogP contribution in [-0.4, -0.2) is 46.6 Å². The average molecular weight is 376 g/mol. The molecule has 27 heavy (non-hydrogen) atoms. The number of hydrogen-bond acceptors (Lipinski definition) is 6. The van der Waals surface area contributed by atoms with Crippen LogP contribution < -0.4 is 26.6 Å². The Hall–Kier alpha value is -2.58. The maximum Gasteiger partial charge on any atom is 0.332 e. The van der Waals surface area contributed by atoms with Gasteiger partial charge in [-0.2, -0.15) is 0 Å². The molecule has 3 N–H and O–H groups in total. The van der Waals surface area contributed by atoms with E-state index >= 15 is 0 Å². The molecule has 2 aromatic rings. The summed E-state index contributed by atoms with van der Waals surface area (Å²) in [4.78, 5) is 24.3. The normalized spacial score (nSPS) is 12.0. The highest BCUT2D eigenvalue weighted by atomic mass is 16.5. The molecule has 0 saturated carbocycles. The minimum Gasteiger partial charge on any atom is -0.491 e. The van der Waals surface area contributed by atoms with Crippen molar-refractivity contribution in [1.82, 2.24) is 14.5 Å². The molecule has 0 radical (unpaired) electrons. The van der Waals surface area contributed by atoms with Crippen molar-refractivity contribution in [3.8, 4) is 5.75 Å². The summed E-state index contributed by atoms with van der Waals surface area (Å²) in [7, 11) is 3.12. The summed E-state index contributed by atoms with van der Waals surface area (Å²) in [6.45, 7) is 3.54. The van der Waals surface area contributed by atoms with Gasteiger partial charge >= 0.3 is 5.69 Å². The lowest BCUT2D eigenvalue weighted by atomic mass is 10.2. The summed E-state index contributed by atoms with van der Waals surface area (Å²) >= 11 is 0. The molecule has 0 fully saturated rings. The minimum atomic E-state index is -0.634. The summed E-state index contributed by atoms with van der Waals surface area (Å²) in [5.41, 5.74) is -0.0541. The molecule has 1 unspecified atom stereocenters. The Balaban J connectivity index is 1.79. The molecule has 0 aliphatic carbocycles. The largest absolute Gasteiger partial charge is 0.491 e. The highest BCUT2D eigenvalue weighted by molar-refractivity contribution is 5.43. The van der Waals surface area contributed by atoms with Gasteiger partial charge in [-0.05, 0) is 18.6 Å². The van der Waals surface area contributed by atoms with Crippen molar-refractivity contribution in [2.75, 3.05) is 31.6 Å². The van der Waals surface area contributed by atoms with E-state index in [1.807, 2.05) is 37.3 Å². The fourth-order valence-corrected chi connectivity index (χ4v) is 2.76. The zero-order valence-electron chi connectivity index (χ0n) is 16.1. The number of anilines is 1. The predicted molar refractivity (Wildman–Crippen MR) is 106 cm³/mol. The van der Waals surface area contributed by atoms with Crippen LogP contribution in [0.25, 0.3) is 0 Å². The molecule has 148 valence electrons. The van der Waals surface area contributed by atoms with Crippen molar-refractivity contribution < 1.29 is 9.84 Å². The molecule has 2 rings (SSSR count). The number of ether oxygens (including phenoxy) is 1. The lowest BCUT2D eigenvalue weighted by Gasteiger charge is -2.17. The first kappa shape index (κ1) is 20.7. The number of aromatic nitrogens is 2. The molecule has 0 bridgehead atoms. The zero-order valence-corrected chi connectivity index (χ0v) is 16.1. The highest BCUT2D eigenvalue weighted by Crippen LogP contribution is 2.09. The summed E-state index contributed by atoms with van der Waals surface area (Å²) < 4.78 is 8.06. The molecule has 1 aromatic carbocycles. The number of nitrogens with one attached hydrogen (secondary N) is 2. The van der Waals surface area contributed by atoms with E-state index in [-0.39, 0.29) is 17.9 Å². The van der Waals surface area contributed by atoms with E-state index in [1.54, 1.807) is 7.05 Å². The first-order valence-electron chi connectivity index (χ1n) is 9.05. The maximum absolute atomic E-state index is 12.2. The molecule has 0 spiro atoms. The number of aliphatic hydroxyl groups excluding tert-OH is 1. The topological polar surface area (TPSA) is 97.5 Å². The van der Waals surface area contributed by atoms with Gasteiger partial charge < -0.3 is 20.5 Å². The summed E-state index contributed by atoms with van der Waals surface area (Å²) in [6.07, 6.45) is -0.101. The molecular formula is C19H28N4O4. The van der Waals surface area contributed by atoms with Crippen molar-refractivity contribution in [1.29, 1.82) is 0 Å². The van der Waals surface area contributed by atoms with Crippen LogP contribution in [0.5, 0.6) is 5.75 Å². The Labute approximate surface area is 158 Å². The van der Waals surface area contributed by atoms with Crippen molar-refractivity contribution in [2.24, 2.45) is 14.1 Å². The summed E-state index contributed by atoms with van der Waals surface area (Å²) in [5.74, 6) is 1.26. The smallest absolute Gasteiger partial charge is 0.332 e. The van der Waals surface area contributed by atoms with Crippen molar-refractivity contribution in [3.63, 3.8) is 0 Å². The van der Waals surface area contributed by atoms with Gasteiger partial charge in [0, 0.05) is 33.7 Å². The molecule has 1 aromatic heterocycles. The van der Waals surface area contributed by atoms with Crippen LogP contribution in [0, 0.1) is 0 Å². The van der Waals surface area contributed by atoms with Crippen molar-refractivity contribution >= 4 is 5.82 Å². The van der Waals surface area contributed by atoms with Crippen LogP contribution in [0.4, 0.5) is 5.82 Å². The molecule has 0 aliphatic rings. The monoisotopic (exact) mass is 376 g/mol. The van der Waals surface area contributed by atoms with E-state index in [0.29, 0.717) is 37.4 Å². The first-order chi connectivity index (χ1) is 13.0. The molecule has 8 nitrogen and oxygen atoms in total. The third-order valence-corrected chi connectivity index (χ3v) is 4.27. The molecule has 0 saturated heterocycles. The SMILES string of the molecule is CCc1c(NCCNCC(O)COc2ccccc2)n(C)c(=O)n(C)c1=O. The number of rotatable bonds is 10. The third-order valence-electron chi connectivity index (χ3n) is 4.27. The Morgan fingerprint density at radius 2 is 1.81 bits per heavy atom. The van der Waals surface area contributed by atoms with Gasteiger partial charge in [0.15, 0.2) is 0 Å². The fraction of sp³-hybridized carbons (Fsp3) is 0.474. The van der Waals surface area contributed by atoms with Crippen LogP contribution in [-0.2, 0) is 20.5 Å². The molecule has 1 atom stereocenters. The number of benzene rings is 1. The Bertz CT molecular complexity index is 845. The summed E-state index contributed by atoms with van der Waals surface area (Å²) in [6, 6.07) is 9.33. The molecule has 1 heterocycles. The first-order valence-corrected chi connectivity index (χ1v) is 9.05. The standard InChI is InChI=1S/C19H28N4O4/c1-4-16-17(22(2)19(26)23(3)18(16)25)21-11-10-20-12-14(24)13-27-15-8-6-5-7-9-15/h5-9,14,20-21,24H,4,10-13H2,1-3H3. The fourth-order valence-electron chi connectivity index (χ4n) is 2.76. The van der Waals surface area contributed by atoms with Crippen LogP contribution in [0.3, 0.4) is 0 Å². The second-order valence-electron chi connectivity index (χ2n) is 6.30. The van der Waals surface area contributed by atoms with Crippen LogP contribution >= 0.6 is 0 Å². The van der Waals surface area contributed by atoms with Gasteiger partial charge in [-0.15, -0.1) is 0 Å². The number of hydrogen-bond donors (Lipinski definition) is 3. The van der Waals surface area contributed by atoms with Gasteiger partial charge in [-0.3, -0.25) is 13.9 Å². The number of para-hydroxylation sites is 1. The quantitative estimate of drug-likeness (QED) is 0.509. The van der Waals surface area contributed by atoms with Gasteiger partial charge in [0.1, 0.15) is 24.3 Å². The van der Waals surface area contributed by atoms with E-state index in [0.717, 1.165) is 10.3 Å². The van der Waals surface area contributed by atoms with E-state index in [2.05, 4.69) is 10.6 Å². The third kappa shape index (κ3) is 5.45. The maximum atomic E-state index is 12.2. The van der Waals surface area contributed by atoms with E-state index in [4.69, 9.17) is 4.74 Å². The zero-order chi connectivity index (χ0) is 19.8. The van der Waals surface area contributed by atoms with Crippen LogP contribution in [0.2, 0.25) is 0 Å². The van der Waals surface area contributed by atoms with Gasteiger partial charge in [0.05, 0.1) is 5.56 Å². The van der Waals surface area contributed by atoms with Crippen LogP contribution in [0.1, 0.15) is 12.5 Å². The van der Waals surface area contributed by atoms with Gasteiger partial charge in [-0.1, -0.05) is 25.1 Å². The van der Waals surface area contributed by atoms with E-state index < -0.39 is 6.10 Å². The van der Waals surface area contributed by atoms with E-state index in [9.17, 15) is 14.7 Å².